The zero-order valence-electron chi connectivity index (χ0n) is 22.1. The van der Waals surface area contributed by atoms with Crippen LogP contribution in [0.15, 0.2) is 0 Å². The fraction of sp³-hybridized carbons (Fsp3) is 0.167. The minimum Gasteiger partial charge on any atom is -0.248 e. The molecule has 5 rings (SSSR count). The van der Waals surface area contributed by atoms with E-state index in [0.717, 1.165) is 0 Å². The number of hydrogen-bond acceptors (Lipinski definition) is 2. The van der Waals surface area contributed by atoms with E-state index in [9.17, 15) is 83.5 Å². The summed E-state index contributed by atoms with van der Waals surface area (Å²) in [7, 11) is 0. The van der Waals surface area contributed by atoms with Crippen molar-refractivity contribution in [3.63, 3.8) is 0 Å². The third-order valence-electron chi connectivity index (χ3n) is 6.66. The van der Waals surface area contributed by atoms with E-state index in [2.05, 4.69) is 9.97 Å². The van der Waals surface area contributed by atoms with E-state index in [0.29, 0.717) is 0 Å². The maximum atomic E-state index is 15.7. The Labute approximate surface area is 255 Å². The second-order valence-corrected chi connectivity index (χ2v) is 9.54. The van der Waals surface area contributed by atoms with Crippen LogP contribution in [0.4, 0.5) is 96.7 Å². The SMILES string of the molecule is FC1=C(F)c2nc1c(F)c1c(F)c(F)c(c(F)c3nc(c(C(F)(F)F)c4c(C(F)(F)F)c(C(F)(F)F)c(c2F)n4C(F)(F)F)C(F)=C3F)n1F. The van der Waals surface area contributed by atoms with Crippen molar-refractivity contribution in [3.05, 3.63) is 68.6 Å². The molecular weight excluding hydrogens is 762 g/mol. The monoisotopic (exact) mass is 762 g/mol. The van der Waals surface area contributed by atoms with Crippen molar-refractivity contribution in [1.29, 1.82) is 0 Å². The van der Waals surface area contributed by atoms with E-state index in [1.807, 2.05) is 0 Å². The third kappa shape index (κ3) is 5.03. The predicted octanol–water partition coefficient (Wildman–Crippen LogP) is 10.8. The lowest BCUT2D eigenvalue weighted by molar-refractivity contribution is -0.199. The van der Waals surface area contributed by atoms with Crippen LogP contribution < -0.4 is 0 Å². The van der Waals surface area contributed by atoms with Gasteiger partial charge in [0.15, 0.2) is 63.4 Å². The molecule has 0 saturated carbocycles. The van der Waals surface area contributed by atoms with Gasteiger partial charge in [-0.25, -0.2) is 54.0 Å². The summed E-state index contributed by atoms with van der Waals surface area (Å²) in [4.78, 5) is 2.39. The largest absolute Gasteiger partial charge is 0.489 e. The number of nitrogens with zero attached hydrogens (tertiary/aromatic N) is 4. The lowest BCUT2D eigenvalue weighted by Crippen LogP contribution is -2.21. The second-order valence-electron chi connectivity index (χ2n) is 9.54. The van der Waals surface area contributed by atoms with Gasteiger partial charge in [-0.3, -0.25) is 0 Å². The molecule has 3 aromatic rings. The number of fused-ring (bicyclic) bond motifs is 8. The number of aromatic nitrogens is 4. The van der Waals surface area contributed by atoms with Gasteiger partial charge in [-0.05, 0) is 0 Å². The summed E-state index contributed by atoms with van der Waals surface area (Å²) in [6.45, 7) is 0. The quantitative estimate of drug-likeness (QED) is 0.214. The molecule has 0 N–H and O–H groups in total. The summed E-state index contributed by atoms with van der Waals surface area (Å²) < 4.78 is 318. The minimum absolute atomic E-state index is 1.93. The fourth-order valence-electron chi connectivity index (χ4n) is 4.83. The van der Waals surface area contributed by atoms with Crippen LogP contribution in [0.25, 0.3) is 45.4 Å². The molecule has 50 heavy (non-hydrogen) atoms. The standard InChI is InChI=1S/C24F22N4/c25-4-5(26)15-11(32)19-8(29)9(30)20(50(19)46)12(33)16-7(28)6(27)14(48-16)10(31)18-2(22(37,38)39)1(21(34,35)36)17(49(18)24(43,44)45)3(13(4)47-15)23(40,41)42. The average Bonchev–Trinajstić information content (AvgIpc) is 3.62. The average molecular weight is 762 g/mol. The van der Waals surface area contributed by atoms with Gasteiger partial charge in [0.1, 0.15) is 33.9 Å². The highest BCUT2D eigenvalue weighted by Gasteiger charge is 2.56. The number of hydrogen-bond donors (Lipinski definition) is 0. The molecule has 8 bridgehead atoms. The van der Waals surface area contributed by atoms with E-state index >= 15 is 13.2 Å². The molecule has 0 unspecified atom stereocenters. The Kier molecular flexibility index (Phi) is 7.83. The normalized spacial score (nSPS) is 14.8. The molecule has 3 aromatic heterocycles. The zero-order valence-corrected chi connectivity index (χ0v) is 22.1. The Morgan fingerprint density at radius 2 is 0.660 bits per heavy atom. The van der Waals surface area contributed by atoms with Crippen LogP contribution >= 0.6 is 0 Å². The molecule has 26 heteroatoms. The summed E-state index contributed by atoms with van der Waals surface area (Å²) in [6, 6.07) is 0. The van der Waals surface area contributed by atoms with Crippen molar-refractivity contribution in [1.82, 2.24) is 19.3 Å². The summed E-state index contributed by atoms with van der Waals surface area (Å²) in [5.41, 5.74) is -37.9. The molecule has 0 amide bonds. The van der Waals surface area contributed by atoms with Crippen molar-refractivity contribution in [2.45, 2.75) is 24.8 Å². The zero-order chi connectivity index (χ0) is 38.1. The topological polar surface area (TPSA) is 35.6 Å². The highest BCUT2D eigenvalue weighted by Crippen LogP contribution is 2.54. The molecular formula is C24F22N4. The van der Waals surface area contributed by atoms with Gasteiger partial charge < -0.3 is 0 Å². The van der Waals surface area contributed by atoms with E-state index < -0.39 is 148 Å². The lowest BCUT2D eigenvalue weighted by Gasteiger charge is -2.17. The van der Waals surface area contributed by atoms with Crippen molar-refractivity contribution in [3.8, 4) is 0 Å². The Balaban J connectivity index is 2.43. The van der Waals surface area contributed by atoms with Crippen molar-refractivity contribution < 1.29 is 96.7 Å². The molecule has 0 radical (unpaired) electrons. The first kappa shape index (κ1) is 36.3. The Bertz CT molecular complexity index is 2260. The third-order valence-corrected chi connectivity index (χ3v) is 6.66. The van der Waals surface area contributed by atoms with Gasteiger partial charge in [-0.2, -0.15) is 44.3 Å². The first-order chi connectivity index (χ1) is 22.6. The number of rotatable bonds is 0. The van der Waals surface area contributed by atoms with Crippen LogP contribution in [0.3, 0.4) is 0 Å². The fourth-order valence-corrected chi connectivity index (χ4v) is 4.83. The van der Waals surface area contributed by atoms with Crippen LogP contribution in [0.5, 0.6) is 0 Å². The van der Waals surface area contributed by atoms with Crippen LogP contribution in [0.2, 0.25) is 0 Å². The van der Waals surface area contributed by atoms with Gasteiger partial charge in [0.25, 0.3) is 0 Å². The second kappa shape index (κ2) is 10.8. The molecule has 0 aliphatic carbocycles. The summed E-state index contributed by atoms with van der Waals surface area (Å²) in [5.74, 6) is -29.6. The predicted molar refractivity (Wildman–Crippen MR) is 119 cm³/mol. The lowest BCUT2D eigenvalue weighted by atomic mass is 10.0. The van der Waals surface area contributed by atoms with E-state index in [1.165, 1.54) is 0 Å². The maximum absolute atomic E-state index is 15.7. The van der Waals surface area contributed by atoms with Crippen LogP contribution in [0.1, 0.15) is 39.5 Å². The molecule has 2 aliphatic rings. The molecule has 2 aliphatic heterocycles. The first-order valence-electron chi connectivity index (χ1n) is 11.9. The number of halogens is 22. The molecule has 0 saturated heterocycles. The van der Waals surface area contributed by atoms with Crippen molar-refractivity contribution in [2.75, 3.05) is 0 Å². The summed E-state index contributed by atoms with van der Waals surface area (Å²) in [6.07, 6.45) is -28.6. The van der Waals surface area contributed by atoms with Gasteiger partial charge in [-0.1, -0.05) is 4.48 Å². The van der Waals surface area contributed by atoms with E-state index in [4.69, 9.17) is 0 Å². The summed E-state index contributed by atoms with van der Waals surface area (Å²) >= 11 is 0. The molecule has 0 spiro atoms. The maximum Gasteiger partial charge on any atom is 0.489 e. The highest BCUT2D eigenvalue weighted by molar-refractivity contribution is 5.92. The highest BCUT2D eigenvalue weighted by atomic mass is 19.4. The minimum atomic E-state index is -7.20. The molecule has 0 fully saturated rings. The first-order valence-corrected chi connectivity index (χ1v) is 11.9. The molecule has 0 atom stereocenters. The van der Waals surface area contributed by atoms with Crippen LogP contribution in [-0.4, -0.2) is 19.3 Å². The Morgan fingerprint density at radius 1 is 0.360 bits per heavy atom. The van der Waals surface area contributed by atoms with E-state index in [1.54, 1.807) is 0 Å². The number of alkyl halides is 12. The van der Waals surface area contributed by atoms with Gasteiger partial charge in [0, 0.05) is 0 Å². The molecule has 270 valence electrons. The van der Waals surface area contributed by atoms with Crippen molar-refractivity contribution in [2.24, 2.45) is 0 Å². The molecule has 0 aromatic carbocycles. The van der Waals surface area contributed by atoms with Crippen LogP contribution in [-0.2, 0) is 24.8 Å². The summed E-state index contributed by atoms with van der Waals surface area (Å²) in [5, 5.41) is 0. The van der Waals surface area contributed by atoms with Crippen LogP contribution in [0, 0.1) is 29.1 Å². The Morgan fingerprint density at radius 3 is 1.00 bits per heavy atom. The van der Waals surface area contributed by atoms with Gasteiger partial charge >= 0.3 is 24.8 Å². The van der Waals surface area contributed by atoms with Gasteiger partial charge in [0.2, 0.25) is 0 Å². The Hall–Kier alpha value is -4.94. The molecule has 4 nitrogen and oxygen atoms in total. The van der Waals surface area contributed by atoms with Gasteiger partial charge in [-0.15, -0.1) is 13.2 Å². The van der Waals surface area contributed by atoms with Crippen molar-refractivity contribution >= 4 is 45.4 Å². The molecule has 5 heterocycles. The smallest absolute Gasteiger partial charge is 0.248 e. The van der Waals surface area contributed by atoms with Gasteiger partial charge in [0.05, 0.1) is 16.6 Å². The van der Waals surface area contributed by atoms with E-state index in [-0.39, 0.29) is 0 Å².